The van der Waals surface area contributed by atoms with Gasteiger partial charge >= 0.3 is 17.9 Å². The molecular formula is C64H94O6. The summed E-state index contributed by atoms with van der Waals surface area (Å²) in [4.78, 5) is 38.1. The summed E-state index contributed by atoms with van der Waals surface area (Å²) in [6, 6.07) is 0. The first-order chi connectivity index (χ1) is 34.5. The lowest BCUT2D eigenvalue weighted by Crippen LogP contribution is -2.30. The van der Waals surface area contributed by atoms with Gasteiger partial charge in [0.15, 0.2) is 6.10 Å². The van der Waals surface area contributed by atoms with Crippen molar-refractivity contribution < 1.29 is 28.6 Å². The van der Waals surface area contributed by atoms with Crippen LogP contribution in [0.15, 0.2) is 182 Å². The quantitative estimate of drug-likeness (QED) is 0.0262. The lowest BCUT2D eigenvalue weighted by Gasteiger charge is -2.18. The van der Waals surface area contributed by atoms with Gasteiger partial charge < -0.3 is 14.2 Å². The third kappa shape index (κ3) is 53.5. The van der Waals surface area contributed by atoms with E-state index in [9.17, 15) is 14.4 Å². The number of rotatable bonds is 45. The fraction of sp³-hybridized carbons (Fsp3) is 0.484. The first kappa shape index (κ1) is 64.5. The predicted octanol–water partition coefficient (Wildman–Crippen LogP) is 18.1. The van der Waals surface area contributed by atoms with E-state index >= 15 is 0 Å². The summed E-state index contributed by atoms with van der Waals surface area (Å²) in [7, 11) is 0. The van der Waals surface area contributed by atoms with Crippen molar-refractivity contribution in [2.24, 2.45) is 0 Å². The van der Waals surface area contributed by atoms with Crippen LogP contribution >= 0.6 is 0 Å². The van der Waals surface area contributed by atoms with Crippen LogP contribution in [0.1, 0.15) is 181 Å². The Bertz CT molecular complexity index is 1720. The second kappa shape index (κ2) is 56.1. The SMILES string of the molecule is CC\C=C/C=C\C=C/C=C\C=C\C=C/C=C\CCCCCC(=O)OCC(COC(=O)CCCCCCCCC\C=C/C=C\C=C/CC)OC(=O)CCCCCCC\C=C/C=C\C=C/C=C\C=C/CCC. The molecule has 0 N–H and O–H groups in total. The normalized spacial score (nSPS) is 13.6. The molecule has 0 aromatic heterocycles. The van der Waals surface area contributed by atoms with Crippen molar-refractivity contribution in [3.05, 3.63) is 182 Å². The summed E-state index contributed by atoms with van der Waals surface area (Å²) in [5, 5.41) is 0. The van der Waals surface area contributed by atoms with Crippen LogP contribution < -0.4 is 0 Å². The van der Waals surface area contributed by atoms with E-state index in [0.717, 1.165) is 109 Å². The van der Waals surface area contributed by atoms with E-state index in [2.05, 4.69) is 93.7 Å². The third-order valence-corrected chi connectivity index (χ3v) is 10.5. The first-order valence-electron chi connectivity index (χ1n) is 27.0. The Morgan fingerprint density at radius 3 is 0.886 bits per heavy atom. The molecule has 0 heterocycles. The zero-order valence-corrected chi connectivity index (χ0v) is 43.9. The maximum absolute atomic E-state index is 12.8. The van der Waals surface area contributed by atoms with Gasteiger partial charge in [-0.3, -0.25) is 14.4 Å². The van der Waals surface area contributed by atoms with Gasteiger partial charge in [0.05, 0.1) is 0 Å². The Labute approximate surface area is 427 Å². The van der Waals surface area contributed by atoms with Gasteiger partial charge in [-0.25, -0.2) is 0 Å². The average molecular weight is 959 g/mol. The van der Waals surface area contributed by atoms with Gasteiger partial charge in [0.25, 0.3) is 0 Å². The molecule has 0 fully saturated rings. The minimum Gasteiger partial charge on any atom is -0.462 e. The van der Waals surface area contributed by atoms with Crippen LogP contribution in [0, 0.1) is 0 Å². The topological polar surface area (TPSA) is 78.9 Å². The van der Waals surface area contributed by atoms with Crippen LogP contribution in [-0.4, -0.2) is 37.2 Å². The second-order valence-corrected chi connectivity index (χ2v) is 17.0. The molecule has 0 amide bonds. The van der Waals surface area contributed by atoms with Gasteiger partial charge in [-0.05, 0) is 77.0 Å². The first-order valence-corrected chi connectivity index (χ1v) is 27.0. The Morgan fingerprint density at radius 2 is 0.557 bits per heavy atom. The van der Waals surface area contributed by atoms with Crippen molar-refractivity contribution in [3.8, 4) is 0 Å². The van der Waals surface area contributed by atoms with Gasteiger partial charge in [-0.15, -0.1) is 0 Å². The monoisotopic (exact) mass is 959 g/mol. The zero-order chi connectivity index (χ0) is 50.7. The van der Waals surface area contributed by atoms with Crippen molar-refractivity contribution >= 4 is 17.9 Å². The lowest BCUT2D eigenvalue weighted by molar-refractivity contribution is -0.167. The summed E-state index contributed by atoms with van der Waals surface area (Å²) < 4.78 is 16.8. The number of esters is 3. The molecule has 0 aliphatic rings. The van der Waals surface area contributed by atoms with Crippen molar-refractivity contribution in [2.45, 2.75) is 187 Å². The molecule has 0 saturated heterocycles. The third-order valence-electron chi connectivity index (χ3n) is 10.5. The van der Waals surface area contributed by atoms with Gasteiger partial charge in [0.1, 0.15) is 13.2 Å². The highest BCUT2D eigenvalue weighted by atomic mass is 16.6. The molecule has 1 atom stereocenters. The standard InChI is InChI=1S/C64H94O6/c1-4-7-10-13-16-19-22-25-28-30-32-34-36-39-42-45-48-51-54-57-63(66)69-60-61(59-68-62(65)56-53-50-47-44-41-38-35-27-24-21-18-15-12-9-6-3)70-64(67)58-55-52-49-46-43-40-37-33-31-29-26-23-20-17-14-11-8-5-2/h7,9-26,28-34,36-37,39,42,61H,4-6,8,27,35,38,40-41,43-60H2,1-3H3/b10-7-,12-9-,14-11-,16-13-,18-15-,20-17-,22-19-,24-21-,26-23-,28-25-,31-29-,32-30+,36-34-,37-33-,42-39-. The molecule has 70 heavy (non-hydrogen) atoms. The Hall–Kier alpha value is -5.49. The number of carbonyl (C=O) groups is 3. The summed E-state index contributed by atoms with van der Waals surface area (Å²) in [6.07, 6.45) is 84.3. The smallest absolute Gasteiger partial charge is 0.306 e. The minimum absolute atomic E-state index is 0.121. The highest BCUT2D eigenvalue weighted by Crippen LogP contribution is 2.13. The molecule has 6 heteroatoms. The van der Waals surface area contributed by atoms with Crippen LogP contribution in [-0.2, 0) is 28.6 Å². The molecule has 6 nitrogen and oxygen atoms in total. The highest BCUT2D eigenvalue weighted by Gasteiger charge is 2.19. The van der Waals surface area contributed by atoms with Crippen LogP contribution in [0.4, 0.5) is 0 Å². The predicted molar refractivity (Wildman–Crippen MR) is 301 cm³/mol. The summed E-state index contributed by atoms with van der Waals surface area (Å²) in [6.45, 7) is 6.17. The van der Waals surface area contributed by atoms with Crippen molar-refractivity contribution in [1.29, 1.82) is 0 Å². The number of ether oxygens (including phenoxy) is 3. The number of carbonyl (C=O) groups excluding carboxylic acids is 3. The largest absolute Gasteiger partial charge is 0.462 e. The van der Waals surface area contributed by atoms with Gasteiger partial charge in [-0.1, -0.05) is 267 Å². The van der Waals surface area contributed by atoms with Crippen LogP contribution in [0.2, 0.25) is 0 Å². The second-order valence-electron chi connectivity index (χ2n) is 17.0. The molecule has 0 radical (unpaired) electrons. The van der Waals surface area contributed by atoms with Gasteiger partial charge in [-0.2, -0.15) is 0 Å². The molecule has 1 unspecified atom stereocenters. The number of hydrogen-bond acceptors (Lipinski definition) is 6. The van der Waals surface area contributed by atoms with Crippen LogP contribution in [0.3, 0.4) is 0 Å². The molecule has 0 rings (SSSR count). The number of unbranched alkanes of at least 4 members (excludes halogenated alkanes) is 16. The summed E-state index contributed by atoms with van der Waals surface area (Å²) >= 11 is 0. The number of hydrogen-bond donors (Lipinski definition) is 0. The van der Waals surface area contributed by atoms with Crippen molar-refractivity contribution in [3.63, 3.8) is 0 Å². The maximum atomic E-state index is 12.8. The van der Waals surface area contributed by atoms with Gasteiger partial charge in [0.2, 0.25) is 0 Å². The van der Waals surface area contributed by atoms with Crippen LogP contribution in [0.25, 0.3) is 0 Å². The van der Waals surface area contributed by atoms with E-state index in [0.29, 0.717) is 12.8 Å². The molecule has 0 saturated carbocycles. The molecule has 0 aromatic rings. The molecule has 386 valence electrons. The van der Waals surface area contributed by atoms with Crippen molar-refractivity contribution in [1.82, 2.24) is 0 Å². The highest BCUT2D eigenvalue weighted by molar-refractivity contribution is 5.71. The molecule has 0 aliphatic heterocycles. The molecule has 0 aromatic carbocycles. The average Bonchev–Trinajstić information content (AvgIpc) is 3.36. The molecule has 0 bridgehead atoms. The molecule has 0 spiro atoms. The fourth-order valence-corrected chi connectivity index (χ4v) is 6.51. The zero-order valence-electron chi connectivity index (χ0n) is 43.9. The van der Waals surface area contributed by atoms with E-state index < -0.39 is 6.10 Å². The minimum atomic E-state index is -0.828. The fourth-order valence-electron chi connectivity index (χ4n) is 6.51. The molecule has 0 aliphatic carbocycles. The lowest BCUT2D eigenvalue weighted by atomic mass is 10.1. The Kier molecular flexibility index (Phi) is 51.7. The van der Waals surface area contributed by atoms with Gasteiger partial charge in [0, 0.05) is 19.3 Å². The summed E-state index contributed by atoms with van der Waals surface area (Å²) in [5.41, 5.74) is 0. The number of allylic oxidation sites excluding steroid dienone is 30. The van der Waals surface area contributed by atoms with Crippen molar-refractivity contribution in [2.75, 3.05) is 13.2 Å². The Balaban J connectivity index is 4.62. The van der Waals surface area contributed by atoms with E-state index in [1.54, 1.807) is 0 Å². The van der Waals surface area contributed by atoms with E-state index in [1.165, 1.54) is 25.7 Å². The summed E-state index contributed by atoms with van der Waals surface area (Å²) in [5.74, 6) is -1.02. The molecular weight excluding hydrogens is 865 g/mol. The Morgan fingerprint density at radius 1 is 0.300 bits per heavy atom. The van der Waals surface area contributed by atoms with E-state index in [4.69, 9.17) is 14.2 Å². The van der Waals surface area contributed by atoms with E-state index in [-0.39, 0.29) is 44.0 Å². The van der Waals surface area contributed by atoms with Crippen LogP contribution in [0.5, 0.6) is 0 Å². The maximum Gasteiger partial charge on any atom is 0.306 e. The van der Waals surface area contributed by atoms with E-state index in [1.807, 2.05) is 109 Å².